The van der Waals surface area contributed by atoms with Crippen LogP contribution < -0.4 is 10.6 Å². The zero-order chi connectivity index (χ0) is 20.1. The van der Waals surface area contributed by atoms with Crippen molar-refractivity contribution in [3.63, 3.8) is 0 Å². The molecule has 0 bridgehead atoms. The van der Waals surface area contributed by atoms with Crippen LogP contribution in [0.15, 0.2) is 29.3 Å². The number of guanidine groups is 1. The molecule has 28 heavy (non-hydrogen) atoms. The van der Waals surface area contributed by atoms with Crippen LogP contribution in [0.4, 0.5) is 5.69 Å². The van der Waals surface area contributed by atoms with Crippen molar-refractivity contribution in [1.82, 2.24) is 15.1 Å². The Hall–Kier alpha value is -2.94. The minimum absolute atomic E-state index is 0.0390. The molecule has 1 saturated heterocycles. The first-order chi connectivity index (χ1) is 13.5. The lowest BCUT2D eigenvalue weighted by Gasteiger charge is -2.33. The van der Waals surface area contributed by atoms with Gasteiger partial charge in [-0.15, -0.1) is 0 Å². The van der Waals surface area contributed by atoms with E-state index in [-0.39, 0.29) is 18.2 Å². The van der Waals surface area contributed by atoms with E-state index < -0.39 is 12.0 Å². The van der Waals surface area contributed by atoms with Gasteiger partial charge in [-0.25, -0.2) is 9.79 Å². The number of anilines is 1. The van der Waals surface area contributed by atoms with Crippen molar-refractivity contribution >= 4 is 29.4 Å². The molecule has 0 unspecified atom stereocenters. The largest absolute Gasteiger partial charge is 0.462 e. The molecule has 2 aliphatic heterocycles. The monoisotopic (exact) mass is 387 g/mol. The molecule has 150 valence electrons. The molecule has 2 N–H and O–H groups in total. The Balaban J connectivity index is 1.54. The van der Waals surface area contributed by atoms with Crippen LogP contribution in [0.5, 0.6) is 0 Å². The molecular weight excluding hydrogens is 362 g/mol. The number of carbonyl (C=O) groups is 3. The van der Waals surface area contributed by atoms with Crippen LogP contribution in [0.25, 0.3) is 0 Å². The SMILES string of the molecule is CCOC(=O)c1ccc(NC(=O)C[C@H]2N=C(N3CCN(C)CC3)NC2=O)cc1. The Kier molecular flexibility index (Phi) is 6.25. The van der Waals surface area contributed by atoms with Gasteiger partial charge in [-0.1, -0.05) is 0 Å². The van der Waals surface area contributed by atoms with E-state index in [1.807, 2.05) is 4.90 Å². The number of piperazine rings is 1. The number of rotatable bonds is 5. The summed E-state index contributed by atoms with van der Waals surface area (Å²) in [5, 5.41) is 5.50. The molecule has 9 nitrogen and oxygen atoms in total. The summed E-state index contributed by atoms with van der Waals surface area (Å²) in [6, 6.07) is 5.68. The number of nitrogens with one attached hydrogen (secondary N) is 2. The van der Waals surface area contributed by atoms with Gasteiger partial charge in [0.2, 0.25) is 11.9 Å². The number of carbonyl (C=O) groups excluding carboxylic acids is 3. The van der Waals surface area contributed by atoms with E-state index in [4.69, 9.17) is 4.74 Å². The van der Waals surface area contributed by atoms with Gasteiger partial charge in [-0.3, -0.25) is 14.9 Å². The number of likely N-dealkylation sites (N-methyl/N-ethyl adjacent to an activating group) is 1. The number of hydrogen-bond acceptors (Lipinski definition) is 7. The normalized spacial score (nSPS) is 19.8. The summed E-state index contributed by atoms with van der Waals surface area (Å²) in [6.07, 6.45) is -0.0390. The molecule has 2 aliphatic rings. The molecule has 0 saturated carbocycles. The lowest BCUT2D eigenvalue weighted by Crippen LogP contribution is -2.50. The third kappa shape index (κ3) is 4.86. The molecule has 0 aromatic heterocycles. The fourth-order valence-electron chi connectivity index (χ4n) is 3.04. The van der Waals surface area contributed by atoms with Gasteiger partial charge in [0.05, 0.1) is 18.6 Å². The van der Waals surface area contributed by atoms with Gasteiger partial charge < -0.3 is 19.9 Å². The van der Waals surface area contributed by atoms with Crippen molar-refractivity contribution in [1.29, 1.82) is 0 Å². The summed E-state index contributed by atoms with van der Waals surface area (Å²) in [7, 11) is 2.05. The summed E-state index contributed by atoms with van der Waals surface area (Å²) < 4.78 is 4.92. The maximum atomic E-state index is 12.3. The summed E-state index contributed by atoms with van der Waals surface area (Å²) in [5.41, 5.74) is 0.955. The van der Waals surface area contributed by atoms with Crippen molar-refractivity contribution in [2.45, 2.75) is 19.4 Å². The van der Waals surface area contributed by atoms with Crippen molar-refractivity contribution in [2.24, 2.45) is 4.99 Å². The van der Waals surface area contributed by atoms with E-state index in [0.717, 1.165) is 26.2 Å². The predicted molar refractivity (Wildman–Crippen MR) is 104 cm³/mol. The second-order valence-electron chi connectivity index (χ2n) is 6.80. The van der Waals surface area contributed by atoms with Gasteiger partial charge in [0.1, 0.15) is 6.04 Å². The first kappa shape index (κ1) is 19.8. The number of amides is 2. The Morgan fingerprint density at radius 3 is 2.54 bits per heavy atom. The summed E-state index contributed by atoms with van der Waals surface area (Å²) in [6.45, 7) is 5.44. The van der Waals surface area contributed by atoms with Crippen LogP contribution in [-0.4, -0.2) is 79.4 Å². The molecule has 1 atom stereocenters. The molecule has 0 aliphatic carbocycles. The molecule has 1 aromatic rings. The fourth-order valence-corrected chi connectivity index (χ4v) is 3.04. The van der Waals surface area contributed by atoms with E-state index in [0.29, 0.717) is 23.8 Å². The number of hydrogen-bond donors (Lipinski definition) is 2. The molecule has 0 radical (unpaired) electrons. The van der Waals surface area contributed by atoms with Crippen molar-refractivity contribution in [3.05, 3.63) is 29.8 Å². The maximum Gasteiger partial charge on any atom is 0.338 e. The van der Waals surface area contributed by atoms with Crippen LogP contribution >= 0.6 is 0 Å². The van der Waals surface area contributed by atoms with E-state index in [1.54, 1.807) is 31.2 Å². The fraction of sp³-hybridized carbons (Fsp3) is 0.474. The first-order valence-electron chi connectivity index (χ1n) is 9.35. The van der Waals surface area contributed by atoms with E-state index in [9.17, 15) is 14.4 Å². The Morgan fingerprint density at radius 2 is 1.89 bits per heavy atom. The molecule has 3 rings (SSSR count). The third-order valence-electron chi connectivity index (χ3n) is 4.68. The minimum Gasteiger partial charge on any atom is -0.462 e. The highest BCUT2D eigenvalue weighted by atomic mass is 16.5. The van der Waals surface area contributed by atoms with Gasteiger partial charge in [0.25, 0.3) is 5.91 Å². The third-order valence-corrected chi connectivity index (χ3v) is 4.68. The van der Waals surface area contributed by atoms with E-state index in [1.165, 1.54) is 0 Å². The standard InChI is InChI=1S/C19H25N5O4/c1-3-28-18(27)13-4-6-14(7-5-13)20-16(25)12-15-17(26)22-19(21-15)24-10-8-23(2)9-11-24/h4-7,15H,3,8-12H2,1-2H3,(H,20,25)(H,21,22,26)/t15-/m1/s1. The van der Waals surface area contributed by atoms with Crippen LogP contribution in [0.3, 0.4) is 0 Å². The van der Waals surface area contributed by atoms with E-state index in [2.05, 4.69) is 27.6 Å². The predicted octanol–water partition coefficient (Wildman–Crippen LogP) is 0.294. The topological polar surface area (TPSA) is 103 Å². The Labute approximate surface area is 163 Å². The smallest absolute Gasteiger partial charge is 0.338 e. The molecular formula is C19H25N5O4. The van der Waals surface area contributed by atoms with Crippen LogP contribution in [0.2, 0.25) is 0 Å². The number of aliphatic imine (C=N–C) groups is 1. The molecule has 2 heterocycles. The van der Waals surface area contributed by atoms with Crippen molar-refractivity contribution < 1.29 is 19.1 Å². The zero-order valence-electron chi connectivity index (χ0n) is 16.1. The average molecular weight is 387 g/mol. The lowest BCUT2D eigenvalue weighted by molar-refractivity contribution is -0.124. The highest BCUT2D eigenvalue weighted by Gasteiger charge is 2.31. The summed E-state index contributed by atoms with van der Waals surface area (Å²) in [4.78, 5) is 44.7. The van der Waals surface area contributed by atoms with Crippen LogP contribution in [-0.2, 0) is 14.3 Å². The van der Waals surface area contributed by atoms with E-state index >= 15 is 0 Å². The lowest BCUT2D eigenvalue weighted by atomic mass is 10.2. The highest BCUT2D eigenvalue weighted by Crippen LogP contribution is 2.14. The number of esters is 1. The minimum atomic E-state index is -0.728. The molecule has 0 spiro atoms. The quantitative estimate of drug-likeness (QED) is 0.704. The maximum absolute atomic E-state index is 12.3. The summed E-state index contributed by atoms with van der Waals surface area (Å²) >= 11 is 0. The van der Waals surface area contributed by atoms with Crippen LogP contribution in [0, 0.1) is 0 Å². The van der Waals surface area contributed by atoms with Crippen LogP contribution in [0.1, 0.15) is 23.7 Å². The summed E-state index contributed by atoms with van der Waals surface area (Å²) in [5.74, 6) is -0.433. The zero-order valence-corrected chi connectivity index (χ0v) is 16.1. The molecule has 1 aromatic carbocycles. The van der Waals surface area contributed by atoms with Gasteiger partial charge in [-0.2, -0.15) is 0 Å². The molecule has 2 amide bonds. The first-order valence-corrected chi connectivity index (χ1v) is 9.35. The average Bonchev–Trinajstić information content (AvgIpc) is 3.03. The van der Waals surface area contributed by atoms with Gasteiger partial charge in [0, 0.05) is 31.9 Å². The second kappa shape index (κ2) is 8.83. The molecule has 1 fully saturated rings. The Bertz CT molecular complexity index is 769. The Morgan fingerprint density at radius 1 is 1.21 bits per heavy atom. The van der Waals surface area contributed by atoms with Crippen molar-refractivity contribution in [2.75, 3.05) is 45.2 Å². The van der Waals surface area contributed by atoms with Gasteiger partial charge in [-0.05, 0) is 38.2 Å². The van der Waals surface area contributed by atoms with Crippen molar-refractivity contribution in [3.8, 4) is 0 Å². The second-order valence-corrected chi connectivity index (χ2v) is 6.80. The van der Waals surface area contributed by atoms with Gasteiger partial charge >= 0.3 is 5.97 Å². The number of benzene rings is 1. The number of ether oxygens (including phenoxy) is 1. The highest BCUT2D eigenvalue weighted by molar-refractivity contribution is 6.07. The number of nitrogens with zero attached hydrogens (tertiary/aromatic N) is 3. The molecule has 9 heteroatoms. The van der Waals surface area contributed by atoms with Gasteiger partial charge in [0.15, 0.2) is 0 Å².